The van der Waals surface area contributed by atoms with Gasteiger partial charge in [0.25, 0.3) is 0 Å². The molecular formula is C32H35F3O3. The van der Waals surface area contributed by atoms with Crippen LogP contribution in [-0.4, -0.2) is 19.8 Å². The number of unbranched alkanes of at least 4 members (excludes halogenated alkanes) is 2. The van der Waals surface area contributed by atoms with Crippen molar-refractivity contribution in [2.75, 3.05) is 19.8 Å². The number of allylic oxidation sites excluding steroid dienone is 2. The third kappa shape index (κ3) is 6.86. The van der Waals surface area contributed by atoms with Crippen LogP contribution in [0.1, 0.15) is 57.8 Å². The molecule has 0 radical (unpaired) electrons. The summed E-state index contributed by atoms with van der Waals surface area (Å²) >= 11 is 0. The molecule has 3 nitrogen and oxygen atoms in total. The second kappa shape index (κ2) is 13.6. The lowest BCUT2D eigenvalue weighted by Gasteiger charge is -2.29. The molecule has 0 atom stereocenters. The lowest BCUT2D eigenvalue weighted by Crippen LogP contribution is -2.27. The van der Waals surface area contributed by atoms with Gasteiger partial charge in [-0.15, -0.1) is 0 Å². The molecule has 0 saturated carbocycles. The van der Waals surface area contributed by atoms with Gasteiger partial charge >= 0.3 is 0 Å². The van der Waals surface area contributed by atoms with E-state index in [1.54, 1.807) is 36.4 Å². The van der Waals surface area contributed by atoms with Crippen LogP contribution in [-0.2, 0) is 9.47 Å². The van der Waals surface area contributed by atoms with E-state index < -0.39 is 23.7 Å². The lowest BCUT2D eigenvalue weighted by molar-refractivity contribution is -0.205. The molecule has 0 aliphatic carbocycles. The van der Waals surface area contributed by atoms with Gasteiger partial charge in [0, 0.05) is 22.6 Å². The molecule has 0 bridgehead atoms. The van der Waals surface area contributed by atoms with Gasteiger partial charge in [0.1, 0.15) is 5.82 Å². The Morgan fingerprint density at radius 1 is 0.868 bits per heavy atom. The van der Waals surface area contributed by atoms with Gasteiger partial charge in [-0.25, -0.2) is 8.78 Å². The minimum absolute atomic E-state index is 0.0868. The van der Waals surface area contributed by atoms with E-state index in [0.29, 0.717) is 48.0 Å². The quantitative estimate of drug-likeness (QED) is 0.185. The molecule has 0 unspecified atom stereocenters. The highest BCUT2D eigenvalue weighted by Crippen LogP contribution is 2.34. The maximum Gasteiger partial charge on any atom is 0.201 e. The summed E-state index contributed by atoms with van der Waals surface area (Å²) in [6.45, 7) is 5.57. The Bertz CT molecular complexity index is 1220. The number of hydrogen-bond acceptors (Lipinski definition) is 3. The number of rotatable bonds is 11. The first-order valence-corrected chi connectivity index (χ1v) is 13.4. The monoisotopic (exact) mass is 524 g/mol. The molecule has 1 fully saturated rings. The van der Waals surface area contributed by atoms with Crippen molar-refractivity contribution in [1.82, 2.24) is 0 Å². The summed E-state index contributed by atoms with van der Waals surface area (Å²) < 4.78 is 61.5. The fourth-order valence-corrected chi connectivity index (χ4v) is 4.54. The van der Waals surface area contributed by atoms with Gasteiger partial charge in [-0.3, -0.25) is 0 Å². The number of hydrogen-bond donors (Lipinski definition) is 0. The first-order chi connectivity index (χ1) is 18.5. The van der Waals surface area contributed by atoms with Gasteiger partial charge in [-0.2, -0.15) is 4.39 Å². The van der Waals surface area contributed by atoms with E-state index in [1.807, 2.05) is 13.0 Å². The fourth-order valence-electron chi connectivity index (χ4n) is 4.54. The van der Waals surface area contributed by atoms with Crippen LogP contribution in [0.3, 0.4) is 0 Å². The number of benzene rings is 3. The van der Waals surface area contributed by atoms with E-state index in [-0.39, 0.29) is 11.3 Å². The Morgan fingerprint density at radius 3 is 2.21 bits per heavy atom. The Kier molecular flexibility index (Phi) is 10.0. The van der Waals surface area contributed by atoms with Crippen LogP contribution < -0.4 is 4.74 Å². The minimum Gasteiger partial charge on any atom is -0.490 e. The first kappa shape index (κ1) is 27.9. The van der Waals surface area contributed by atoms with E-state index in [4.69, 9.17) is 14.2 Å². The molecule has 1 saturated heterocycles. The SMILES string of the molecule is CC=CCCC1COC(c2ccc(-c3ccc(-c4ccc(OCCCCC)c(F)c4F)cc3)c(F)c2)OC1. The van der Waals surface area contributed by atoms with Gasteiger partial charge < -0.3 is 14.2 Å². The van der Waals surface area contributed by atoms with Gasteiger partial charge in [-0.05, 0) is 55.5 Å². The summed E-state index contributed by atoms with van der Waals surface area (Å²) in [4.78, 5) is 0. The molecule has 0 amide bonds. The van der Waals surface area contributed by atoms with Gasteiger partial charge in [0.2, 0.25) is 5.82 Å². The third-order valence-corrected chi connectivity index (χ3v) is 6.77. The Morgan fingerprint density at radius 2 is 1.55 bits per heavy atom. The van der Waals surface area contributed by atoms with Crippen molar-refractivity contribution in [1.29, 1.82) is 0 Å². The van der Waals surface area contributed by atoms with E-state index >= 15 is 4.39 Å². The van der Waals surface area contributed by atoms with Gasteiger partial charge in [-0.1, -0.05) is 68.3 Å². The minimum atomic E-state index is -0.999. The predicted molar refractivity (Wildman–Crippen MR) is 144 cm³/mol. The van der Waals surface area contributed by atoms with Crippen LogP contribution in [0.15, 0.2) is 66.7 Å². The van der Waals surface area contributed by atoms with Crippen molar-refractivity contribution >= 4 is 0 Å². The average molecular weight is 525 g/mol. The summed E-state index contributed by atoms with van der Waals surface area (Å²) in [6.07, 6.45) is 8.33. The maximum absolute atomic E-state index is 15.1. The number of halogens is 3. The van der Waals surface area contributed by atoms with Crippen LogP contribution in [0.4, 0.5) is 13.2 Å². The Labute approximate surface area is 223 Å². The van der Waals surface area contributed by atoms with Gasteiger partial charge in [0.05, 0.1) is 19.8 Å². The van der Waals surface area contributed by atoms with E-state index in [9.17, 15) is 8.78 Å². The highest BCUT2D eigenvalue weighted by Gasteiger charge is 2.24. The second-order valence-electron chi connectivity index (χ2n) is 9.62. The van der Waals surface area contributed by atoms with E-state index in [0.717, 1.165) is 32.1 Å². The molecule has 1 aliphatic heterocycles. The van der Waals surface area contributed by atoms with Crippen molar-refractivity contribution in [3.63, 3.8) is 0 Å². The molecule has 0 aromatic heterocycles. The smallest absolute Gasteiger partial charge is 0.201 e. The lowest BCUT2D eigenvalue weighted by atomic mass is 9.98. The highest BCUT2D eigenvalue weighted by atomic mass is 19.2. The molecule has 202 valence electrons. The molecule has 1 aliphatic rings. The average Bonchev–Trinajstić information content (AvgIpc) is 2.94. The normalized spacial score (nSPS) is 17.7. The molecule has 38 heavy (non-hydrogen) atoms. The summed E-state index contributed by atoms with van der Waals surface area (Å²) in [5.74, 6) is -2.12. The molecule has 0 N–H and O–H groups in total. The zero-order chi connectivity index (χ0) is 26.9. The summed E-state index contributed by atoms with van der Waals surface area (Å²) in [5, 5.41) is 0. The largest absolute Gasteiger partial charge is 0.490 e. The van der Waals surface area contributed by atoms with Crippen LogP contribution in [0, 0.1) is 23.4 Å². The van der Waals surface area contributed by atoms with Gasteiger partial charge in [0.15, 0.2) is 17.9 Å². The van der Waals surface area contributed by atoms with Crippen molar-refractivity contribution in [3.8, 4) is 28.0 Å². The van der Waals surface area contributed by atoms with Crippen molar-refractivity contribution in [3.05, 3.63) is 89.8 Å². The first-order valence-electron chi connectivity index (χ1n) is 13.4. The van der Waals surface area contributed by atoms with E-state index in [2.05, 4.69) is 13.0 Å². The van der Waals surface area contributed by atoms with E-state index in [1.165, 1.54) is 18.2 Å². The van der Waals surface area contributed by atoms with Crippen LogP contribution in [0.25, 0.3) is 22.3 Å². The molecule has 6 heteroatoms. The highest BCUT2D eigenvalue weighted by molar-refractivity contribution is 5.71. The van der Waals surface area contributed by atoms with Crippen molar-refractivity contribution < 1.29 is 27.4 Å². The molecule has 0 spiro atoms. The molecule has 3 aromatic carbocycles. The maximum atomic E-state index is 15.1. The molecular weight excluding hydrogens is 489 g/mol. The number of ether oxygens (including phenoxy) is 3. The summed E-state index contributed by atoms with van der Waals surface area (Å²) in [7, 11) is 0. The second-order valence-corrected chi connectivity index (χ2v) is 9.62. The Balaban J connectivity index is 1.42. The Hall–Kier alpha value is -3.09. The van der Waals surface area contributed by atoms with Crippen molar-refractivity contribution in [2.24, 2.45) is 5.92 Å². The zero-order valence-corrected chi connectivity index (χ0v) is 22.0. The summed E-state index contributed by atoms with van der Waals surface area (Å²) in [6, 6.07) is 14.6. The predicted octanol–water partition coefficient (Wildman–Crippen LogP) is 9.02. The summed E-state index contributed by atoms with van der Waals surface area (Å²) in [5.41, 5.74) is 2.28. The molecule has 1 heterocycles. The molecule has 3 aromatic rings. The van der Waals surface area contributed by atoms with Crippen LogP contribution in [0.2, 0.25) is 0 Å². The third-order valence-electron chi connectivity index (χ3n) is 6.77. The fraction of sp³-hybridized carbons (Fsp3) is 0.375. The zero-order valence-electron chi connectivity index (χ0n) is 22.0. The van der Waals surface area contributed by atoms with Crippen LogP contribution in [0.5, 0.6) is 5.75 Å². The topological polar surface area (TPSA) is 27.7 Å². The molecule has 4 rings (SSSR count). The van der Waals surface area contributed by atoms with Crippen molar-refractivity contribution in [2.45, 2.75) is 52.2 Å². The van der Waals surface area contributed by atoms with Crippen LogP contribution >= 0.6 is 0 Å². The standard InChI is InChI=1S/C32H35F3O3/c1-3-5-7-9-22-20-37-32(38-21-22)25-14-15-26(28(33)19-25)23-10-12-24(13-11-23)27-16-17-29(31(35)30(27)34)36-18-8-6-4-2/h3,5,10-17,19,22,32H,4,6-9,18,20-21H2,1-2H3.